The Morgan fingerprint density at radius 3 is 2.27 bits per heavy atom. The molecule has 2 unspecified atom stereocenters. The lowest BCUT2D eigenvalue weighted by molar-refractivity contribution is -0.147. The van der Waals surface area contributed by atoms with Crippen molar-refractivity contribution in [3.8, 4) is 11.1 Å². The van der Waals surface area contributed by atoms with E-state index in [2.05, 4.69) is 29.6 Å². The fourth-order valence-corrected chi connectivity index (χ4v) is 5.09. The van der Waals surface area contributed by atoms with Gasteiger partial charge in [0.05, 0.1) is 31.6 Å². The summed E-state index contributed by atoms with van der Waals surface area (Å²) in [5.41, 5.74) is 4.59. The molecule has 2 fully saturated rings. The van der Waals surface area contributed by atoms with Gasteiger partial charge in [-0.3, -0.25) is 9.59 Å². The zero-order chi connectivity index (χ0) is 22.9. The van der Waals surface area contributed by atoms with Crippen LogP contribution in [0.5, 0.6) is 0 Å². The van der Waals surface area contributed by atoms with Crippen LogP contribution < -0.4 is 5.32 Å². The Balaban J connectivity index is 1.17. The molecule has 3 aliphatic rings. The number of carboxylic acid groups (broad SMARTS) is 1. The molecule has 2 amide bonds. The number of carbonyl (C=O) groups excluding carboxylic acids is 2. The zero-order valence-electron chi connectivity index (χ0n) is 18.1. The second-order valence-electron chi connectivity index (χ2n) is 8.93. The maximum atomic E-state index is 12.8. The SMILES string of the molecule is O=C(O)CC1CN(C(=O)C2COCC2NC(=O)OCC2c3ccccc3-c3ccccc32)C1. The number of hydrogen-bond acceptors (Lipinski definition) is 5. The highest BCUT2D eigenvalue weighted by atomic mass is 16.5. The molecule has 5 rings (SSSR count). The molecule has 172 valence electrons. The lowest BCUT2D eigenvalue weighted by Crippen LogP contribution is -2.55. The molecule has 2 aromatic carbocycles. The van der Waals surface area contributed by atoms with Gasteiger partial charge in [0.15, 0.2) is 0 Å². The van der Waals surface area contributed by atoms with Crippen molar-refractivity contribution < 1.29 is 29.0 Å². The highest BCUT2D eigenvalue weighted by Gasteiger charge is 2.42. The number of likely N-dealkylation sites (tertiary alicyclic amines) is 1. The number of rotatable bonds is 6. The molecule has 2 aromatic rings. The van der Waals surface area contributed by atoms with Gasteiger partial charge in [0.2, 0.25) is 5.91 Å². The van der Waals surface area contributed by atoms with Crippen LogP contribution in [0.1, 0.15) is 23.5 Å². The van der Waals surface area contributed by atoms with Crippen LogP contribution in [0.15, 0.2) is 48.5 Å². The first kappa shape index (κ1) is 21.5. The smallest absolute Gasteiger partial charge is 0.407 e. The average Bonchev–Trinajstić information content (AvgIpc) is 3.36. The van der Waals surface area contributed by atoms with E-state index in [-0.39, 0.29) is 44.0 Å². The zero-order valence-corrected chi connectivity index (χ0v) is 18.1. The van der Waals surface area contributed by atoms with E-state index in [1.165, 1.54) is 0 Å². The van der Waals surface area contributed by atoms with Crippen molar-refractivity contribution in [2.75, 3.05) is 32.9 Å². The molecule has 2 N–H and O–H groups in total. The summed E-state index contributed by atoms with van der Waals surface area (Å²) in [6, 6.07) is 15.8. The number of carbonyl (C=O) groups is 3. The fourth-order valence-electron chi connectivity index (χ4n) is 5.09. The number of alkyl carbamates (subject to hydrolysis) is 1. The van der Waals surface area contributed by atoms with Crippen LogP contribution in [-0.2, 0) is 19.1 Å². The van der Waals surface area contributed by atoms with E-state index in [9.17, 15) is 14.4 Å². The Labute approximate surface area is 191 Å². The van der Waals surface area contributed by atoms with E-state index in [0.29, 0.717) is 13.1 Å². The summed E-state index contributed by atoms with van der Waals surface area (Å²) in [6.07, 6.45) is -0.510. The summed E-state index contributed by atoms with van der Waals surface area (Å²) in [6.45, 7) is 1.54. The van der Waals surface area contributed by atoms with Gasteiger partial charge in [0, 0.05) is 24.9 Å². The summed E-state index contributed by atoms with van der Waals surface area (Å²) < 4.78 is 11.1. The number of carboxylic acids is 1. The van der Waals surface area contributed by atoms with Gasteiger partial charge in [-0.25, -0.2) is 4.79 Å². The van der Waals surface area contributed by atoms with Crippen molar-refractivity contribution in [3.63, 3.8) is 0 Å². The van der Waals surface area contributed by atoms with E-state index < -0.39 is 24.0 Å². The lowest BCUT2D eigenvalue weighted by Gasteiger charge is -2.40. The van der Waals surface area contributed by atoms with E-state index >= 15 is 0 Å². The van der Waals surface area contributed by atoms with Gasteiger partial charge in [-0.2, -0.15) is 0 Å². The number of nitrogens with zero attached hydrogens (tertiary/aromatic N) is 1. The quantitative estimate of drug-likeness (QED) is 0.701. The number of benzene rings is 2. The maximum absolute atomic E-state index is 12.8. The highest BCUT2D eigenvalue weighted by molar-refractivity contribution is 5.82. The minimum atomic E-state index is -0.855. The van der Waals surface area contributed by atoms with E-state index in [1.807, 2.05) is 24.3 Å². The van der Waals surface area contributed by atoms with Crippen LogP contribution in [0.3, 0.4) is 0 Å². The predicted octanol–water partition coefficient (Wildman–Crippen LogP) is 2.47. The standard InChI is InChI=1S/C25H26N2O6/c28-23(29)9-15-10-27(11-15)24(30)21-12-32-14-22(21)26-25(31)33-13-20-18-7-3-1-5-16(18)17-6-2-4-8-19(17)20/h1-8,15,20-22H,9-14H2,(H,26,31)(H,28,29). The number of fused-ring (bicyclic) bond motifs is 3. The van der Waals surface area contributed by atoms with Crippen molar-refractivity contribution >= 4 is 18.0 Å². The Bertz CT molecular complexity index is 1030. The highest BCUT2D eigenvalue weighted by Crippen LogP contribution is 2.44. The predicted molar refractivity (Wildman–Crippen MR) is 119 cm³/mol. The molecule has 8 heteroatoms. The lowest BCUT2D eigenvalue weighted by atomic mass is 9.93. The number of nitrogens with one attached hydrogen (secondary N) is 1. The molecular weight excluding hydrogens is 424 g/mol. The number of aliphatic carboxylic acids is 1. The van der Waals surface area contributed by atoms with Gasteiger partial charge >= 0.3 is 12.1 Å². The number of amides is 2. The van der Waals surface area contributed by atoms with Crippen molar-refractivity contribution in [1.29, 1.82) is 0 Å². The summed E-state index contributed by atoms with van der Waals surface area (Å²) >= 11 is 0. The first-order valence-corrected chi connectivity index (χ1v) is 11.2. The van der Waals surface area contributed by atoms with Crippen LogP contribution in [0, 0.1) is 11.8 Å². The largest absolute Gasteiger partial charge is 0.481 e. The molecule has 2 atom stereocenters. The Hall–Kier alpha value is -3.39. The molecule has 2 saturated heterocycles. The van der Waals surface area contributed by atoms with E-state index in [1.54, 1.807) is 4.90 Å². The summed E-state index contributed by atoms with van der Waals surface area (Å²) in [5, 5.41) is 11.7. The van der Waals surface area contributed by atoms with Crippen LogP contribution in [0.4, 0.5) is 4.79 Å². The average molecular weight is 450 g/mol. The van der Waals surface area contributed by atoms with Crippen molar-refractivity contribution in [2.24, 2.45) is 11.8 Å². The summed E-state index contributed by atoms with van der Waals surface area (Å²) in [7, 11) is 0. The van der Waals surface area contributed by atoms with Crippen LogP contribution in [0.25, 0.3) is 11.1 Å². The van der Waals surface area contributed by atoms with Crippen LogP contribution >= 0.6 is 0 Å². The van der Waals surface area contributed by atoms with Gasteiger partial charge in [-0.1, -0.05) is 48.5 Å². The molecule has 0 aromatic heterocycles. The minimum Gasteiger partial charge on any atom is -0.481 e. The van der Waals surface area contributed by atoms with Gasteiger partial charge in [0.25, 0.3) is 0 Å². The molecule has 2 heterocycles. The Morgan fingerprint density at radius 1 is 1.00 bits per heavy atom. The molecule has 0 radical (unpaired) electrons. The molecular formula is C25H26N2O6. The Kier molecular flexibility index (Phi) is 5.76. The van der Waals surface area contributed by atoms with Crippen LogP contribution in [-0.4, -0.2) is 66.9 Å². The first-order chi connectivity index (χ1) is 16.0. The summed E-state index contributed by atoms with van der Waals surface area (Å²) in [4.78, 5) is 37.8. The van der Waals surface area contributed by atoms with Crippen molar-refractivity contribution in [1.82, 2.24) is 10.2 Å². The van der Waals surface area contributed by atoms with Gasteiger partial charge < -0.3 is 24.8 Å². The van der Waals surface area contributed by atoms with Crippen molar-refractivity contribution in [3.05, 3.63) is 59.7 Å². The third kappa shape index (κ3) is 4.18. The third-order valence-electron chi connectivity index (χ3n) is 6.78. The molecule has 2 aliphatic heterocycles. The van der Waals surface area contributed by atoms with E-state index in [0.717, 1.165) is 22.3 Å². The maximum Gasteiger partial charge on any atom is 0.407 e. The normalized spacial score (nSPS) is 21.8. The Morgan fingerprint density at radius 2 is 1.64 bits per heavy atom. The van der Waals surface area contributed by atoms with Gasteiger partial charge in [0.1, 0.15) is 6.61 Å². The second kappa shape index (κ2) is 8.86. The van der Waals surface area contributed by atoms with Crippen LogP contribution in [0.2, 0.25) is 0 Å². The number of ether oxygens (including phenoxy) is 2. The second-order valence-corrected chi connectivity index (χ2v) is 8.93. The fraction of sp³-hybridized carbons (Fsp3) is 0.400. The summed E-state index contributed by atoms with van der Waals surface area (Å²) in [5.74, 6) is -1.50. The molecule has 8 nitrogen and oxygen atoms in total. The molecule has 0 spiro atoms. The molecule has 1 aliphatic carbocycles. The topological polar surface area (TPSA) is 105 Å². The monoisotopic (exact) mass is 450 g/mol. The third-order valence-corrected chi connectivity index (χ3v) is 6.78. The molecule has 0 saturated carbocycles. The molecule has 0 bridgehead atoms. The van der Waals surface area contributed by atoms with Gasteiger partial charge in [-0.05, 0) is 22.3 Å². The van der Waals surface area contributed by atoms with Crippen molar-refractivity contribution in [2.45, 2.75) is 18.4 Å². The number of hydrogen-bond donors (Lipinski definition) is 2. The minimum absolute atomic E-state index is 0.0117. The van der Waals surface area contributed by atoms with E-state index in [4.69, 9.17) is 14.6 Å². The molecule has 33 heavy (non-hydrogen) atoms. The van der Waals surface area contributed by atoms with Gasteiger partial charge in [-0.15, -0.1) is 0 Å². The first-order valence-electron chi connectivity index (χ1n) is 11.2.